The molecule has 0 aliphatic carbocycles. The third-order valence-electron chi connectivity index (χ3n) is 3.66. The van der Waals surface area contributed by atoms with Crippen molar-refractivity contribution >= 4 is 16.9 Å². The molecule has 0 atom stereocenters. The Morgan fingerprint density at radius 3 is 2.62 bits per heavy atom. The first-order chi connectivity index (χ1) is 11.6. The fourth-order valence-electron chi connectivity index (χ4n) is 2.54. The Morgan fingerprint density at radius 1 is 1.12 bits per heavy atom. The van der Waals surface area contributed by atoms with Crippen LogP contribution in [0.2, 0.25) is 0 Å². The number of carbonyl (C=O) groups excluding carboxylic acids is 1. The van der Waals surface area contributed by atoms with Gasteiger partial charge in [-0.25, -0.2) is 14.2 Å². The predicted molar refractivity (Wildman–Crippen MR) is 89.6 cm³/mol. The van der Waals surface area contributed by atoms with Gasteiger partial charge in [0.05, 0.1) is 19.2 Å². The Kier molecular flexibility index (Phi) is 4.42. The van der Waals surface area contributed by atoms with Gasteiger partial charge in [0.1, 0.15) is 17.3 Å². The van der Waals surface area contributed by atoms with E-state index in [4.69, 9.17) is 9.47 Å². The van der Waals surface area contributed by atoms with Crippen LogP contribution in [0, 0.1) is 5.82 Å². The van der Waals surface area contributed by atoms with Crippen LogP contribution < -0.4 is 4.74 Å². The largest absolute Gasteiger partial charge is 0.497 e. The summed E-state index contributed by atoms with van der Waals surface area (Å²) in [6.07, 6.45) is 0. The SMILES string of the molecule is CCOC(=O)c1cc(-c2ccccc2F)c2cc(OC)ccc2n1. The van der Waals surface area contributed by atoms with Crippen LogP contribution in [0.4, 0.5) is 4.39 Å². The second-order valence-electron chi connectivity index (χ2n) is 5.14. The molecule has 0 saturated heterocycles. The molecular formula is C19H16FNO3. The lowest BCUT2D eigenvalue weighted by molar-refractivity contribution is 0.0520. The highest BCUT2D eigenvalue weighted by Crippen LogP contribution is 2.32. The zero-order chi connectivity index (χ0) is 17.1. The Morgan fingerprint density at radius 2 is 1.92 bits per heavy atom. The summed E-state index contributed by atoms with van der Waals surface area (Å²) in [5.41, 5.74) is 1.68. The average molecular weight is 325 g/mol. The van der Waals surface area contributed by atoms with Crippen LogP contribution in [0.25, 0.3) is 22.0 Å². The molecule has 0 radical (unpaired) electrons. The number of rotatable bonds is 4. The molecular weight excluding hydrogens is 309 g/mol. The average Bonchev–Trinajstić information content (AvgIpc) is 2.61. The zero-order valence-electron chi connectivity index (χ0n) is 13.4. The molecule has 1 aromatic heterocycles. The van der Waals surface area contributed by atoms with E-state index in [0.717, 1.165) is 0 Å². The molecule has 0 saturated carbocycles. The quantitative estimate of drug-likeness (QED) is 0.674. The molecule has 0 unspecified atom stereocenters. The summed E-state index contributed by atoms with van der Waals surface area (Å²) in [6.45, 7) is 1.97. The van der Waals surface area contributed by atoms with E-state index in [9.17, 15) is 9.18 Å². The van der Waals surface area contributed by atoms with Crippen LogP contribution in [0.1, 0.15) is 17.4 Å². The number of methoxy groups -OCH3 is 1. The van der Waals surface area contributed by atoms with E-state index in [1.165, 1.54) is 6.07 Å². The molecule has 0 aliphatic heterocycles. The lowest BCUT2D eigenvalue weighted by atomic mass is 9.99. The standard InChI is InChI=1S/C19H16FNO3/c1-3-24-19(22)18-11-14(13-6-4-5-7-16(13)20)15-10-12(23-2)8-9-17(15)21-18/h4-11H,3H2,1-2H3. The van der Waals surface area contributed by atoms with Gasteiger partial charge < -0.3 is 9.47 Å². The van der Waals surface area contributed by atoms with E-state index < -0.39 is 5.97 Å². The maximum atomic E-state index is 14.3. The monoisotopic (exact) mass is 325 g/mol. The lowest BCUT2D eigenvalue weighted by Crippen LogP contribution is -2.07. The highest BCUT2D eigenvalue weighted by molar-refractivity contribution is 6.00. The summed E-state index contributed by atoms with van der Waals surface area (Å²) in [6, 6.07) is 13.2. The number of nitrogens with zero attached hydrogens (tertiary/aromatic N) is 1. The maximum absolute atomic E-state index is 14.3. The lowest BCUT2D eigenvalue weighted by Gasteiger charge is -2.11. The summed E-state index contributed by atoms with van der Waals surface area (Å²) in [5, 5.41) is 0.701. The summed E-state index contributed by atoms with van der Waals surface area (Å²) < 4.78 is 24.6. The fourth-order valence-corrected chi connectivity index (χ4v) is 2.54. The van der Waals surface area contributed by atoms with Gasteiger partial charge >= 0.3 is 5.97 Å². The molecule has 24 heavy (non-hydrogen) atoms. The molecule has 122 valence electrons. The topological polar surface area (TPSA) is 48.4 Å². The van der Waals surface area contributed by atoms with E-state index in [2.05, 4.69) is 4.98 Å². The number of hydrogen-bond acceptors (Lipinski definition) is 4. The van der Waals surface area contributed by atoms with Crippen LogP contribution in [-0.2, 0) is 4.74 Å². The van der Waals surface area contributed by atoms with Gasteiger partial charge in [0, 0.05) is 10.9 Å². The molecule has 0 bridgehead atoms. The fraction of sp³-hybridized carbons (Fsp3) is 0.158. The summed E-state index contributed by atoms with van der Waals surface area (Å²) in [5.74, 6) is -0.277. The van der Waals surface area contributed by atoms with Crippen molar-refractivity contribution in [1.82, 2.24) is 4.98 Å². The number of pyridine rings is 1. The molecule has 2 aromatic carbocycles. The van der Waals surface area contributed by atoms with Crippen molar-refractivity contribution in [1.29, 1.82) is 0 Å². The minimum atomic E-state index is -0.534. The van der Waals surface area contributed by atoms with E-state index in [1.807, 2.05) is 0 Å². The molecule has 0 aliphatic rings. The molecule has 3 aromatic rings. The van der Waals surface area contributed by atoms with Crippen molar-refractivity contribution in [2.45, 2.75) is 6.92 Å². The molecule has 5 heteroatoms. The number of halogens is 1. The third-order valence-corrected chi connectivity index (χ3v) is 3.66. The summed E-state index contributed by atoms with van der Waals surface area (Å²) in [4.78, 5) is 16.4. The van der Waals surface area contributed by atoms with Crippen LogP contribution in [0.3, 0.4) is 0 Å². The third kappa shape index (κ3) is 2.93. The van der Waals surface area contributed by atoms with Gasteiger partial charge in [-0.1, -0.05) is 18.2 Å². The first-order valence-corrected chi connectivity index (χ1v) is 7.55. The number of ether oxygens (including phenoxy) is 2. The van der Waals surface area contributed by atoms with E-state index in [-0.39, 0.29) is 18.1 Å². The van der Waals surface area contributed by atoms with E-state index >= 15 is 0 Å². The van der Waals surface area contributed by atoms with Crippen LogP contribution in [-0.4, -0.2) is 24.7 Å². The van der Waals surface area contributed by atoms with Gasteiger partial charge in [-0.15, -0.1) is 0 Å². The molecule has 0 fully saturated rings. The normalized spacial score (nSPS) is 10.6. The van der Waals surface area contributed by atoms with Crippen molar-refractivity contribution in [2.75, 3.05) is 13.7 Å². The minimum Gasteiger partial charge on any atom is -0.497 e. The molecule has 1 heterocycles. The van der Waals surface area contributed by atoms with Gasteiger partial charge in [-0.05, 0) is 42.8 Å². The smallest absolute Gasteiger partial charge is 0.356 e. The Bertz CT molecular complexity index is 908. The van der Waals surface area contributed by atoms with Gasteiger partial charge in [0.2, 0.25) is 0 Å². The predicted octanol–water partition coefficient (Wildman–Crippen LogP) is 4.23. The van der Waals surface area contributed by atoms with Crippen molar-refractivity contribution in [3.63, 3.8) is 0 Å². The Labute approximate surface area is 138 Å². The summed E-state index contributed by atoms with van der Waals surface area (Å²) >= 11 is 0. The van der Waals surface area contributed by atoms with Crippen LogP contribution >= 0.6 is 0 Å². The van der Waals surface area contributed by atoms with Gasteiger partial charge in [0.25, 0.3) is 0 Å². The first-order valence-electron chi connectivity index (χ1n) is 7.55. The molecule has 0 spiro atoms. The molecule has 4 nitrogen and oxygen atoms in total. The number of fused-ring (bicyclic) bond motifs is 1. The number of carbonyl (C=O) groups is 1. The summed E-state index contributed by atoms with van der Waals surface area (Å²) in [7, 11) is 1.56. The Hall–Kier alpha value is -2.95. The van der Waals surface area contributed by atoms with Crippen LogP contribution in [0.15, 0.2) is 48.5 Å². The van der Waals surface area contributed by atoms with Crippen molar-refractivity contribution in [3.05, 3.63) is 60.0 Å². The molecule has 0 amide bonds. The zero-order valence-corrected chi connectivity index (χ0v) is 13.4. The van der Waals surface area contributed by atoms with E-state index in [1.54, 1.807) is 56.5 Å². The second kappa shape index (κ2) is 6.66. The van der Waals surface area contributed by atoms with Crippen molar-refractivity contribution < 1.29 is 18.7 Å². The van der Waals surface area contributed by atoms with Crippen LogP contribution in [0.5, 0.6) is 5.75 Å². The molecule has 0 N–H and O–H groups in total. The van der Waals surface area contributed by atoms with Crippen molar-refractivity contribution in [3.8, 4) is 16.9 Å². The first kappa shape index (κ1) is 15.9. The second-order valence-corrected chi connectivity index (χ2v) is 5.14. The molecule has 3 rings (SSSR count). The number of hydrogen-bond donors (Lipinski definition) is 0. The van der Waals surface area contributed by atoms with Gasteiger partial charge in [0.15, 0.2) is 0 Å². The minimum absolute atomic E-state index is 0.146. The highest BCUT2D eigenvalue weighted by atomic mass is 19.1. The maximum Gasteiger partial charge on any atom is 0.356 e. The Balaban J connectivity index is 2.30. The number of aromatic nitrogens is 1. The highest BCUT2D eigenvalue weighted by Gasteiger charge is 2.16. The number of esters is 1. The number of benzene rings is 2. The van der Waals surface area contributed by atoms with Crippen molar-refractivity contribution in [2.24, 2.45) is 0 Å². The van der Waals surface area contributed by atoms with E-state index in [0.29, 0.717) is 27.8 Å². The van der Waals surface area contributed by atoms with Gasteiger partial charge in [-0.2, -0.15) is 0 Å². The van der Waals surface area contributed by atoms with Gasteiger partial charge in [-0.3, -0.25) is 0 Å².